The molecular weight excluding hydrogens is 360 g/mol. The molecule has 4 rings (SSSR count). The smallest absolute Gasteiger partial charge is 0.335 e. The first-order valence-electron chi connectivity index (χ1n) is 8.27. The van der Waals surface area contributed by atoms with Gasteiger partial charge in [-0.15, -0.1) is 0 Å². The number of hydrogen-bond acceptors (Lipinski definition) is 6. The van der Waals surface area contributed by atoms with Gasteiger partial charge < -0.3 is 10.4 Å². The number of pyridine rings is 1. The molecule has 0 saturated heterocycles. The molecule has 0 fully saturated rings. The van der Waals surface area contributed by atoms with E-state index in [4.69, 9.17) is 0 Å². The van der Waals surface area contributed by atoms with E-state index in [-0.39, 0.29) is 5.56 Å². The van der Waals surface area contributed by atoms with Crippen LogP contribution in [0, 0.1) is 6.92 Å². The normalized spacial score (nSPS) is 11.0. The molecule has 2 aromatic carbocycles. The fourth-order valence-electron chi connectivity index (χ4n) is 2.93. The number of hydrogen-bond donors (Lipinski definition) is 2. The van der Waals surface area contributed by atoms with Crippen molar-refractivity contribution in [3.63, 3.8) is 0 Å². The number of fused-ring (bicyclic) bond motifs is 3. The standard InChI is InChI=1S/C20H16N4O2S/c1-11-5-3-4-6-15(11)22-18-17-14(10-21-20(24-17)27-2)13-8-7-12(19(25)26)9-16(13)23-18/h3-10H,1-2H3,(H,22,23)(H,25,26). The molecule has 0 aliphatic rings. The van der Waals surface area contributed by atoms with Crippen LogP contribution in [0.1, 0.15) is 15.9 Å². The average molecular weight is 376 g/mol. The number of carbonyl (C=O) groups is 1. The van der Waals surface area contributed by atoms with Crippen molar-refractivity contribution in [3.05, 3.63) is 59.8 Å². The summed E-state index contributed by atoms with van der Waals surface area (Å²) in [4.78, 5) is 25.0. The molecule has 6 nitrogen and oxygen atoms in total. The molecule has 4 aromatic rings. The lowest BCUT2D eigenvalue weighted by molar-refractivity contribution is 0.0697. The van der Waals surface area contributed by atoms with E-state index in [0.29, 0.717) is 22.0 Å². The van der Waals surface area contributed by atoms with Gasteiger partial charge in [0, 0.05) is 22.7 Å². The van der Waals surface area contributed by atoms with Crippen LogP contribution in [0.25, 0.3) is 21.8 Å². The van der Waals surface area contributed by atoms with Gasteiger partial charge in [0.15, 0.2) is 11.0 Å². The van der Waals surface area contributed by atoms with Crippen molar-refractivity contribution in [2.45, 2.75) is 12.1 Å². The Bertz CT molecular complexity index is 1190. The summed E-state index contributed by atoms with van der Waals surface area (Å²) in [7, 11) is 0. The molecule has 0 saturated carbocycles. The largest absolute Gasteiger partial charge is 0.478 e. The van der Waals surface area contributed by atoms with E-state index >= 15 is 0 Å². The summed E-state index contributed by atoms with van der Waals surface area (Å²) < 4.78 is 0. The quantitative estimate of drug-likeness (QED) is 0.304. The first kappa shape index (κ1) is 17.2. The Morgan fingerprint density at radius 3 is 2.67 bits per heavy atom. The third-order valence-corrected chi connectivity index (χ3v) is 4.90. The molecule has 0 aliphatic carbocycles. The minimum Gasteiger partial charge on any atom is -0.478 e. The number of thioether (sulfide) groups is 1. The van der Waals surface area contributed by atoms with E-state index in [2.05, 4.69) is 20.3 Å². The zero-order valence-corrected chi connectivity index (χ0v) is 15.5. The highest BCUT2D eigenvalue weighted by Gasteiger charge is 2.14. The number of nitrogens with one attached hydrogen (secondary N) is 1. The minimum absolute atomic E-state index is 0.192. The Morgan fingerprint density at radius 1 is 1.11 bits per heavy atom. The SMILES string of the molecule is CSc1ncc2c(n1)c(Nc1ccccc1C)nc1cc(C(=O)O)ccc12. The van der Waals surface area contributed by atoms with Crippen LogP contribution in [0.4, 0.5) is 11.5 Å². The summed E-state index contributed by atoms with van der Waals surface area (Å²) in [6, 6.07) is 12.8. The van der Waals surface area contributed by atoms with E-state index in [1.165, 1.54) is 11.8 Å². The van der Waals surface area contributed by atoms with E-state index in [9.17, 15) is 9.90 Å². The first-order valence-corrected chi connectivity index (χ1v) is 9.50. The van der Waals surface area contributed by atoms with Crippen LogP contribution < -0.4 is 5.32 Å². The second kappa shape index (κ2) is 6.85. The third-order valence-electron chi connectivity index (χ3n) is 4.34. The van der Waals surface area contributed by atoms with E-state index in [1.807, 2.05) is 37.4 Å². The number of carboxylic acids is 1. The summed E-state index contributed by atoms with van der Waals surface area (Å²) in [5.41, 5.74) is 3.47. The number of aryl methyl sites for hydroxylation is 1. The lowest BCUT2D eigenvalue weighted by Gasteiger charge is -2.13. The van der Waals surface area contributed by atoms with Gasteiger partial charge in [-0.2, -0.15) is 0 Å². The molecule has 2 aromatic heterocycles. The number of nitrogens with zero attached hydrogens (tertiary/aromatic N) is 3. The van der Waals surface area contributed by atoms with Gasteiger partial charge in [0.05, 0.1) is 11.1 Å². The molecule has 0 aliphatic heterocycles. The molecule has 0 spiro atoms. The Morgan fingerprint density at radius 2 is 1.93 bits per heavy atom. The fourth-order valence-corrected chi connectivity index (χ4v) is 3.27. The highest BCUT2D eigenvalue weighted by molar-refractivity contribution is 7.98. The second-order valence-corrected chi connectivity index (χ2v) is 6.83. The summed E-state index contributed by atoms with van der Waals surface area (Å²) in [5.74, 6) is -0.409. The summed E-state index contributed by atoms with van der Waals surface area (Å²) >= 11 is 1.46. The summed E-state index contributed by atoms with van der Waals surface area (Å²) in [6.07, 6.45) is 3.69. The van der Waals surface area contributed by atoms with Gasteiger partial charge in [-0.1, -0.05) is 36.0 Å². The van der Waals surface area contributed by atoms with Gasteiger partial charge in [0.25, 0.3) is 0 Å². The van der Waals surface area contributed by atoms with Crippen molar-refractivity contribution in [2.75, 3.05) is 11.6 Å². The molecule has 0 amide bonds. The molecule has 2 heterocycles. The average Bonchev–Trinajstić information content (AvgIpc) is 2.68. The van der Waals surface area contributed by atoms with Gasteiger partial charge >= 0.3 is 5.97 Å². The zero-order valence-electron chi connectivity index (χ0n) is 14.7. The Labute approximate surface area is 159 Å². The van der Waals surface area contributed by atoms with Gasteiger partial charge in [-0.3, -0.25) is 0 Å². The highest BCUT2D eigenvalue weighted by atomic mass is 32.2. The van der Waals surface area contributed by atoms with Crippen molar-refractivity contribution in [1.29, 1.82) is 0 Å². The number of aromatic carboxylic acids is 1. The Balaban J connectivity index is 2.00. The molecule has 27 heavy (non-hydrogen) atoms. The van der Waals surface area contributed by atoms with Crippen LogP contribution in [0.5, 0.6) is 0 Å². The number of para-hydroxylation sites is 1. The molecule has 7 heteroatoms. The summed E-state index contributed by atoms with van der Waals surface area (Å²) in [6.45, 7) is 2.01. The molecule has 0 bridgehead atoms. The highest BCUT2D eigenvalue weighted by Crippen LogP contribution is 2.31. The lowest BCUT2D eigenvalue weighted by atomic mass is 10.1. The van der Waals surface area contributed by atoms with Gasteiger partial charge in [-0.25, -0.2) is 19.7 Å². The second-order valence-electron chi connectivity index (χ2n) is 6.06. The first-order chi connectivity index (χ1) is 13.1. The van der Waals surface area contributed by atoms with Gasteiger partial charge in [0.2, 0.25) is 0 Å². The summed E-state index contributed by atoms with van der Waals surface area (Å²) in [5, 5.41) is 14.9. The third kappa shape index (κ3) is 3.17. The predicted octanol–water partition coefficient (Wildman–Crippen LogP) is 4.65. The monoisotopic (exact) mass is 376 g/mol. The maximum Gasteiger partial charge on any atom is 0.335 e. The minimum atomic E-state index is -0.985. The zero-order chi connectivity index (χ0) is 19.0. The van der Waals surface area contributed by atoms with Crippen LogP contribution in [0.15, 0.2) is 53.8 Å². The van der Waals surface area contributed by atoms with Crippen LogP contribution in [0.2, 0.25) is 0 Å². The molecular formula is C20H16N4O2S. The number of rotatable bonds is 4. The maximum atomic E-state index is 11.3. The van der Waals surface area contributed by atoms with Crippen molar-refractivity contribution in [3.8, 4) is 0 Å². The number of aromatic nitrogens is 3. The number of benzene rings is 2. The van der Waals surface area contributed by atoms with E-state index in [1.54, 1.807) is 24.4 Å². The lowest BCUT2D eigenvalue weighted by Crippen LogP contribution is -2.02. The predicted molar refractivity (Wildman–Crippen MR) is 108 cm³/mol. The van der Waals surface area contributed by atoms with E-state index < -0.39 is 5.97 Å². The van der Waals surface area contributed by atoms with Gasteiger partial charge in [-0.05, 0) is 36.9 Å². The van der Waals surface area contributed by atoms with Crippen LogP contribution >= 0.6 is 11.8 Å². The molecule has 134 valence electrons. The molecule has 0 radical (unpaired) electrons. The van der Waals surface area contributed by atoms with Gasteiger partial charge in [0.1, 0.15) is 5.52 Å². The fraction of sp³-hybridized carbons (Fsp3) is 0.100. The van der Waals surface area contributed by atoms with Crippen molar-refractivity contribution in [2.24, 2.45) is 0 Å². The number of carboxylic acid groups (broad SMARTS) is 1. The van der Waals surface area contributed by atoms with Crippen LogP contribution in [0.3, 0.4) is 0 Å². The molecule has 2 N–H and O–H groups in total. The molecule has 0 atom stereocenters. The van der Waals surface area contributed by atoms with Crippen molar-refractivity contribution >= 4 is 51.0 Å². The van der Waals surface area contributed by atoms with Crippen LogP contribution in [-0.2, 0) is 0 Å². The van der Waals surface area contributed by atoms with E-state index in [0.717, 1.165) is 22.0 Å². The molecule has 0 unspecified atom stereocenters. The van der Waals surface area contributed by atoms with Crippen LogP contribution in [-0.4, -0.2) is 32.3 Å². The van der Waals surface area contributed by atoms with Crippen molar-refractivity contribution < 1.29 is 9.90 Å². The topological polar surface area (TPSA) is 88.0 Å². The maximum absolute atomic E-state index is 11.3. The Hall–Kier alpha value is -3.19. The number of anilines is 2. The Kier molecular flexibility index (Phi) is 4.37. The van der Waals surface area contributed by atoms with Crippen molar-refractivity contribution in [1.82, 2.24) is 15.0 Å².